The molecule has 138 valence electrons. The fourth-order valence-corrected chi connectivity index (χ4v) is 2.33. The number of methoxy groups -OCH3 is 1. The minimum Gasteiger partial charge on any atom is -0.496 e. The van der Waals surface area contributed by atoms with Gasteiger partial charge >= 0.3 is 0 Å². The number of allylic oxidation sites excluding steroid dienone is 5. The van der Waals surface area contributed by atoms with Gasteiger partial charge in [0.2, 0.25) is 0 Å². The van der Waals surface area contributed by atoms with Gasteiger partial charge in [0.15, 0.2) is 0 Å². The molecule has 0 fully saturated rings. The molecule has 4 heteroatoms. The highest BCUT2D eigenvalue weighted by Gasteiger charge is 2.12. The minimum atomic E-state index is 0.541. The molecule has 0 saturated heterocycles. The summed E-state index contributed by atoms with van der Waals surface area (Å²) in [5.41, 5.74) is 9.43. The normalized spacial score (nSPS) is 12.8. The van der Waals surface area contributed by atoms with Gasteiger partial charge in [-0.1, -0.05) is 54.9 Å². The molecule has 0 aliphatic carbocycles. The molecule has 0 heterocycles. The van der Waals surface area contributed by atoms with Crippen molar-refractivity contribution >= 4 is 21.6 Å². The van der Waals surface area contributed by atoms with Crippen molar-refractivity contribution in [3.05, 3.63) is 63.8 Å². The van der Waals surface area contributed by atoms with Crippen LogP contribution in [0.15, 0.2) is 63.2 Å². The SMILES string of the molecule is CC.CC/C=C\C=C(/C)C(=NC/C=C(\C)N)c1ccc(Br)cc1OC. The first-order valence-electron chi connectivity index (χ1n) is 8.64. The maximum Gasteiger partial charge on any atom is 0.129 e. The van der Waals surface area contributed by atoms with Crippen LogP contribution in [0, 0.1) is 0 Å². The number of hydrogen-bond acceptors (Lipinski definition) is 3. The van der Waals surface area contributed by atoms with E-state index in [4.69, 9.17) is 15.5 Å². The molecule has 0 aromatic heterocycles. The van der Waals surface area contributed by atoms with Crippen molar-refractivity contribution in [2.45, 2.75) is 41.0 Å². The molecule has 0 aliphatic rings. The molecule has 0 bridgehead atoms. The van der Waals surface area contributed by atoms with E-state index in [9.17, 15) is 0 Å². The second-order valence-electron chi connectivity index (χ2n) is 5.17. The summed E-state index contributed by atoms with van der Waals surface area (Å²) in [4.78, 5) is 4.71. The van der Waals surface area contributed by atoms with Crippen LogP contribution in [0.4, 0.5) is 0 Å². The van der Waals surface area contributed by atoms with Gasteiger partial charge in [0.25, 0.3) is 0 Å². The molecular formula is C21H31BrN2O. The molecule has 0 spiro atoms. The van der Waals surface area contributed by atoms with Crippen LogP contribution in [-0.2, 0) is 0 Å². The molecule has 0 atom stereocenters. The van der Waals surface area contributed by atoms with E-state index in [0.29, 0.717) is 6.54 Å². The smallest absolute Gasteiger partial charge is 0.129 e. The summed E-state index contributed by atoms with van der Waals surface area (Å²) in [5, 5.41) is 0. The first-order chi connectivity index (χ1) is 12.0. The first-order valence-corrected chi connectivity index (χ1v) is 9.43. The maximum atomic E-state index is 5.70. The van der Waals surface area contributed by atoms with E-state index < -0.39 is 0 Å². The molecule has 2 N–H and O–H groups in total. The van der Waals surface area contributed by atoms with Crippen molar-refractivity contribution in [3.8, 4) is 5.75 Å². The average Bonchev–Trinajstić information content (AvgIpc) is 2.60. The lowest BCUT2D eigenvalue weighted by Crippen LogP contribution is -2.07. The summed E-state index contributed by atoms with van der Waals surface area (Å²) in [5.74, 6) is 0.791. The lowest BCUT2D eigenvalue weighted by Gasteiger charge is -2.12. The average molecular weight is 407 g/mol. The van der Waals surface area contributed by atoms with Crippen molar-refractivity contribution in [1.29, 1.82) is 0 Å². The quantitative estimate of drug-likeness (QED) is 0.442. The molecule has 3 nitrogen and oxygen atoms in total. The second kappa shape index (κ2) is 13.5. The standard InChI is InChI=1S/C19H25BrN2O.C2H6/c1-5-6-7-8-14(2)19(22-12-11-15(3)21)17-10-9-16(20)13-18(17)23-4;1-2/h6-11,13H,5,12,21H2,1-4H3;1-2H3/b7-6-,14-8+,15-11+,22-19?;. The Hall–Kier alpha value is -1.81. The van der Waals surface area contributed by atoms with Crippen LogP contribution in [-0.4, -0.2) is 19.4 Å². The molecule has 0 radical (unpaired) electrons. The third-order valence-corrected chi connectivity index (χ3v) is 3.67. The second-order valence-corrected chi connectivity index (χ2v) is 6.08. The van der Waals surface area contributed by atoms with Gasteiger partial charge in [-0.2, -0.15) is 0 Å². The predicted molar refractivity (Wildman–Crippen MR) is 115 cm³/mol. The number of nitrogens with two attached hydrogens (primary N) is 1. The van der Waals surface area contributed by atoms with Crippen LogP contribution in [0.1, 0.15) is 46.6 Å². The van der Waals surface area contributed by atoms with E-state index in [2.05, 4.69) is 48.0 Å². The highest BCUT2D eigenvalue weighted by atomic mass is 79.9. The number of rotatable bonds is 7. The summed E-state index contributed by atoms with van der Waals surface area (Å²) >= 11 is 3.47. The third-order valence-electron chi connectivity index (χ3n) is 3.17. The van der Waals surface area contributed by atoms with Crippen LogP contribution in [0.5, 0.6) is 5.75 Å². The Labute approximate surface area is 161 Å². The predicted octanol–water partition coefficient (Wildman–Crippen LogP) is 6.05. The lowest BCUT2D eigenvalue weighted by molar-refractivity contribution is 0.413. The molecule has 25 heavy (non-hydrogen) atoms. The molecule has 1 rings (SSSR count). The van der Waals surface area contributed by atoms with E-state index in [1.165, 1.54) is 0 Å². The number of halogens is 1. The van der Waals surface area contributed by atoms with Crippen LogP contribution >= 0.6 is 15.9 Å². The molecule has 0 saturated carbocycles. The number of ether oxygens (including phenoxy) is 1. The van der Waals surface area contributed by atoms with Gasteiger partial charge in [-0.3, -0.25) is 4.99 Å². The number of hydrogen-bond donors (Lipinski definition) is 1. The zero-order valence-corrected chi connectivity index (χ0v) is 17.9. The van der Waals surface area contributed by atoms with Gasteiger partial charge in [-0.15, -0.1) is 0 Å². The highest BCUT2D eigenvalue weighted by Crippen LogP contribution is 2.26. The van der Waals surface area contributed by atoms with Crippen LogP contribution < -0.4 is 10.5 Å². The summed E-state index contributed by atoms with van der Waals surface area (Å²) in [6.07, 6.45) is 9.15. The monoisotopic (exact) mass is 406 g/mol. The zero-order valence-electron chi connectivity index (χ0n) is 16.3. The van der Waals surface area contributed by atoms with Crippen molar-refractivity contribution in [2.75, 3.05) is 13.7 Å². The summed E-state index contributed by atoms with van der Waals surface area (Å²) in [6, 6.07) is 5.96. The Morgan fingerprint density at radius 2 is 1.96 bits per heavy atom. The topological polar surface area (TPSA) is 47.6 Å². The Morgan fingerprint density at radius 1 is 1.28 bits per heavy atom. The molecule has 0 unspecified atom stereocenters. The molecule has 0 aliphatic heterocycles. The Kier molecular flexibility index (Phi) is 12.5. The number of benzene rings is 1. The lowest BCUT2D eigenvalue weighted by atomic mass is 10.0. The molecule has 1 aromatic carbocycles. The summed E-state index contributed by atoms with van der Waals surface area (Å²) < 4.78 is 6.49. The van der Waals surface area contributed by atoms with Gasteiger partial charge < -0.3 is 10.5 Å². The van der Waals surface area contributed by atoms with Gasteiger partial charge in [0, 0.05) is 15.7 Å². The molecule has 1 aromatic rings. The van der Waals surface area contributed by atoms with E-state index in [1.807, 2.05) is 45.0 Å². The van der Waals surface area contributed by atoms with Crippen molar-refractivity contribution in [1.82, 2.24) is 0 Å². The van der Waals surface area contributed by atoms with E-state index in [-0.39, 0.29) is 0 Å². The number of nitrogens with zero attached hydrogens (tertiary/aromatic N) is 1. The Balaban J connectivity index is 0.00000277. The van der Waals surface area contributed by atoms with Gasteiger partial charge in [0.05, 0.1) is 19.4 Å². The van der Waals surface area contributed by atoms with E-state index >= 15 is 0 Å². The van der Waals surface area contributed by atoms with Crippen molar-refractivity contribution in [2.24, 2.45) is 10.7 Å². The molecular weight excluding hydrogens is 376 g/mol. The number of aliphatic imine (C=N–C) groups is 1. The van der Waals surface area contributed by atoms with Crippen molar-refractivity contribution < 1.29 is 4.74 Å². The maximum absolute atomic E-state index is 5.70. The zero-order chi connectivity index (χ0) is 19.2. The fourth-order valence-electron chi connectivity index (χ4n) is 1.99. The Morgan fingerprint density at radius 3 is 2.52 bits per heavy atom. The highest BCUT2D eigenvalue weighted by molar-refractivity contribution is 9.10. The van der Waals surface area contributed by atoms with E-state index in [1.54, 1.807) is 7.11 Å². The van der Waals surface area contributed by atoms with Gasteiger partial charge in [0.1, 0.15) is 5.75 Å². The van der Waals surface area contributed by atoms with Crippen LogP contribution in [0.25, 0.3) is 0 Å². The Bertz CT molecular complexity index is 639. The minimum absolute atomic E-state index is 0.541. The van der Waals surface area contributed by atoms with E-state index in [0.717, 1.165) is 39.2 Å². The summed E-state index contributed by atoms with van der Waals surface area (Å²) in [6.45, 7) is 10.6. The van der Waals surface area contributed by atoms with Crippen LogP contribution in [0.3, 0.4) is 0 Å². The van der Waals surface area contributed by atoms with Gasteiger partial charge in [-0.05, 0) is 50.1 Å². The van der Waals surface area contributed by atoms with Crippen LogP contribution in [0.2, 0.25) is 0 Å². The third kappa shape index (κ3) is 8.73. The first kappa shape index (κ1) is 23.2. The van der Waals surface area contributed by atoms with Gasteiger partial charge in [-0.25, -0.2) is 0 Å². The molecule has 0 amide bonds. The van der Waals surface area contributed by atoms with Crippen molar-refractivity contribution in [3.63, 3.8) is 0 Å². The fraction of sp³-hybridized carbons (Fsp3) is 0.381. The largest absolute Gasteiger partial charge is 0.496 e. The summed E-state index contributed by atoms with van der Waals surface area (Å²) in [7, 11) is 1.67.